The maximum atomic E-state index is 14.1. The summed E-state index contributed by atoms with van der Waals surface area (Å²) in [6, 6.07) is 16.2. The van der Waals surface area contributed by atoms with E-state index in [1.807, 2.05) is 43.3 Å². The van der Waals surface area contributed by atoms with Crippen molar-refractivity contribution in [3.63, 3.8) is 0 Å². The van der Waals surface area contributed by atoms with Gasteiger partial charge >= 0.3 is 0 Å². The predicted octanol–water partition coefficient (Wildman–Crippen LogP) is 6.47. The smallest absolute Gasteiger partial charge is 0.238 e. The Morgan fingerprint density at radius 3 is 2.54 bits per heavy atom. The predicted molar refractivity (Wildman–Crippen MR) is 159 cm³/mol. The van der Waals surface area contributed by atoms with Crippen LogP contribution >= 0.6 is 27.5 Å². The van der Waals surface area contributed by atoms with E-state index in [0.29, 0.717) is 39.2 Å². The number of aromatic hydroxyl groups is 1. The molecule has 4 atom stereocenters. The lowest BCUT2D eigenvalue weighted by Crippen LogP contribution is -2.39. The van der Waals surface area contributed by atoms with Gasteiger partial charge < -0.3 is 5.11 Å². The monoisotopic (exact) mass is 627 g/mol. The number of fused-ring (bicyclic) bond motifs is 4. The number of aryl methyl sites for hydroxylation is 1. The van der Waals surface area contributed by atoms with Gasteiger partial charge in [0, 0.05) is 39.1 Å². The molecule has 0 aromatic heterocycles. The number of hydrogen-bond donors (Lipinski definition) is 1. The molecule has 2 amide bonds. The molecule has 0 radical (unpaired) electrons. The Morgan fingerprint density at radius 1 is 0.976 bits per heavy atom. The Kier molecular flexibility index (Phi) is 5.96. The van der Waals surface area contributed by atoms with Gasteiger partial charge in [-0.3, -0.25) is 19.2 Å². The van der Waals surface area contributed by atoms with Crippen LogP contribution < -0.4 is 4.90 Å². The van der Waals surface area contributed by atoms with Crippen molar-refractivity contribution < 1.29 is 24.3 Å². The third-order valence-corrected chi connectivity index (χ3v) is 9.98. The van der Waals surface area contributed by atoms with Crippen molar-refractivity contribution in [1.82, 2.24) is 0 Å². The summed E-state index contributed by atoms with van der Waals surface area (Å²) in [6.07, 6.45) is 3.69. The van der Waals surface area contributed by atoms with E-state index in [4.69, 9.17) is 11.6 Å². The number of carbonyl (C=O) groups excluding carboxylic acids is 4. The van der Waals surface area contributed by atoms with E-state index < -0.39 is 23.7 Å². The molecule has 1 fully saturated rings. The lowest BCUT2D eigenvalue weighted by Gasteiger charge is -2.42. The van der Waals surface area contributed by atoms with E-state index >= 15 is 0 Å². The van der Waals surface area contributed by atoms with Gasteiger partial charge in [0.2, 0.25) is 11.8 Å². The van der Waals surface area contributed by atoms with E-state index in [2.05, 4.69) is 15.9 Å². The summed E-state index contributed by atoms with van der Waals surface area (Å²) in [7, 11) is 0. The summed E-state index contributed by atoms with van der Waals surface area (Å²) in [4.78, 5) is 55.9. The second-order valence-corrected chi connectivity index (χ2v) is 12.3. The number of carbonyl (C=O) groups is 4. The summed E-state index contributed by atoms with van der Waals surface area (Å²) in [5.74, 6) is -3.78. The minimum absolute atomic E-state index is 0.0299. The second-order valence-electron chi connectivity index (χ2n) is 11.1. The highest BCUT2D eigenvalue weighted by molar-refractivity contribution is 9.12. The third-order valence-electron chi connectivity index (χ3n) is 8.99. The molecule has 3 aliphatic carbocycles. The van der Waals surface area contributed by atoms with E-state index in [1.54, 1.807) is 24.3 Å². The normalized spacial score (nSPS) is 25.7. The molecule has 204 valence electrons. The molecule has 0 bridgehead atoms. The fourth-order valence-corrected chi connectivity index (χ4v) is 7.66. The van der Waals surface area contributed by atoms with Crippen LogP contribution in [0.15, 0.2) is 88.0 Å². The molecule has 3 aromatic carbocycles. The number of phenols is 1. The number of ketones is 2. The Balaban J connectivity index is 1.39. The van der Waals surface area contributed by atoms with Gasteiger partial charge in [0.25, 0.3) is 0 Å². The number of amides is 2. The standard InChI is InChI=1S/C33H23BrClNO5/c1-15-6-8-17(12-25(15)35)36-32(40)21-11-10-19-22(28(21)33(36)41)13-23-29(26(37)14-24(34)31(23)39)27(19)20-9-7-16-4-2-3-5-18(16)30(20)38/h2-10,12,14,21-22,27-28,38H,11,13H2,1H3/t21-,22+,27+,28-/m0/s1. The molecule has 1 N–H and O–H groups in total. The zero-order chi connectivity index (χ0) is 28.7. The molecular formula is C33H23BrClNO5. The highest BCUT2D eigenvalue weighted by Crippen LogP contribution is 2.57. The van der Waals surface area contributed by atoms with Crippen LogP contribution in [0.3, 0.4) is 0 Å². The zero-order valence-electron chi connectivity index (χ0n) is 21.9. The van der Waals surface area contributed by atoms with Crippen LogP contribution in [0.25, 0.3) is 10.8 Å². The van der Waals surface area contributed by atoms with Crippen LogP contribution in [0.1, 0.15) is 29.9 Å². The van der Waals surface area contributed by atoms with Crippen LogP contribution in [0.2, 0.25) is 5.02 Å². The van der Waals surface area contributed by atoms with Gasteiger partial charge in [-0.1, -0.05) is 65.7 Å². The first-order chi connectivity index (χ1) is 19.7. The molecule has 7 rings (SSSR count). The van der Waals surface area contributed by atoms with Gasteiger partial charge in [-0.25, -0.2) is 4.90 Å². The lowest BCUT2D eigenvalue weighted by atomic mass is 9.59. The first kappa shape index (κ1) is 26.1. The van der Waals surface area contributed by atoms with Crippen molar-refractivity contribution in [2.24, 2.45) is 17.8 Å². The van der Waals surface area contributed by atoms with Gasteiger partial charge in [0.1, 0.15) is 5.75 Å². The van der Waals surface area contributed by atoms with Gasteiger partial charge in [-0.15, -0.1) is 0 Å². The van der Waals surface area contributed by atoms with E-state index in [1.165, 1.54) is 11.0 Å². The van der Waals surface area contributed by atoms with Crippen molar-refractivity contribution in [1.29, 1.82) is 0 Å². The van der Waals surface area contributed by atoms with Gasteiger partial charge in [-0.2, -0.15) is 0 Å². The Hall–Kier alpha value is -3.81. The number of allylic oxidation sites excluding steroid dienone is 6. The molecule has 1 heterocycles. The highest BCUT2D eigenvalue weighted by Gasteiger charge is 2.57. The van der Waals surface area contributed by atoms with Gasteiger partial charge in [-0.05, 0) is 64.7 Å². The number of Topliss-reactive ketones (excluding diaryl/α,β-unsaturated/α-hetero) is 1. The van der Waals surface area contributed by atoms with Crippen molar-refractivity contribution >= 4 is 67.4 Å². The molecule has 1 saturated heterocycles. The summed E-state index contributed by atoms with van der Waals surface area (Å²) in [5, 5.41) is 13.4. The van der Waals surface area contributed by atoms with Crippen molar-refractivity contribution in [2.75, 3.05) is 4.90 Å². The quantitative estimate of drug-likeness (QED) is 0.200. The SMILES string of the molecule is Cc1ccc(N2C(=O)[C@H]3[C@H](CC=C4[C@H](c5ccc6ccccc6c5O)C5=C(C[C@H]43)C(=O)C(Br)=CC5=O)C2=O)cc1Cl. The maximum Gasteiger partial charge on any atom is 0.238 e. The van der Waals surface area contributed by atoms with Gasteiger partial charge in [0.05, 0.1) is 22.0 Å². The average molecular weight is 629 g/mol. The molecular weight excluding hydrogens is 606 g/mol. The van der Waals surface area contributed by atoms with Crippen LogP contribution in [-0.4, -0.2) is 28.5 Å². The number of phenolic OH excluding ortho intramolecular Hbond substituents is 1. The van der Waals surface area contributed by atoms with Gasteiger partial charge in [0.15, 0.2) is 11.6 Å². The molecule has 3 aromatic rings. The number of rotatable bonds is 2. The van der Waals surface area contributed by atoms with Crippen LogP contribution in [0.5, 0.6) is 5.75 Å². The number of nitrogens with zero attached hydrogens (tertiary/aromatic N) is 1. The molecule has 0 unspecified atom stereocenters. The summed E-state index contributed by atoms with van der Waals surface area (Å²) >= 11 is 9.59. The molecule has 0 spiro atoms. The summed E-state index contributed by atoms with van der Waals surface area (Å²) < 4.78 is 0.160. The molecule has 1 aliphatic heterocycles. The van der Waals surface area contributed by atoms with Crippen molar-refractivity contribution in [3.8, 4) is 5.75 Å². The maximum absolute atomic E-state index is 14.1. The minimum atomic E-state index is -0.728. The minimum Gasteiger partial charge on any atom is -0.507 e. The third kappa shape index (κ3) is 3.75. The molecule has 41 heavy (non-hydrogen) atoms. The topological polar surface area (TPSA) is 91.8 Å². The average Bonchev–Trinajstić information content (AvgIpc) is 3.22. The van der Waals surface area contributed by atoms with Crippen molar-refractivity contribution in [3.05, 3.63) is 104 Å². The first-order valence-electron chi connectivity index (χ1n) is 13.4. The number of imide groups is 1. The summed E-state index contributed by atoms with van der Waals surface area (Å²) in [6.45, 7) is 1.85. The number of hydrogen-bond acceptors (Lipinski definition) is 5. The lowest BCUT2D eigenvalue weighted by molar-refractivity contribution is -0.123. The highest BCUT2D eigenvalue weighted by atomic mass is 79.9. The number of benzene rings is 3. The van der Waals surface area contributed by atoms with E-state index in [9.17, 15) is 24.3 Å². The first-order valence-corrected chi connectivity index (χ1v) is 14.6. The van der Waals surface area contributed by atoms with Crippen molar-refractivity contribution in [2.45, 2.75) is 25.7 Å². The van der Waals surface area contributed by atoms with Crippen LogP contribution in [0.4, 0.5) is 5.69 Å². The molecule has 0 saturated carbocycles. The molecule has 8 heteroatoms. The largest absolute Gasteiger partial charge is 0.507 e. The zero-order valence-corrected chi connectivity index (χ0v) is 24.2. The molecule has 4 aliphatic rings. The Labute approximate surface area is 249 Å². The summed E-state index contributed by atoms with van der Waals surface area (Å²) in [5.41, 5.74) is 3.18. The second kappa shape index (κ2) is 9.36. The molecule has 6 nitrogen and oxygen atoms in total. The Morgan fingerprint density at radius 2 is 1.76 bits per heavy atom. The number of anilines is 1. The van der Waals surface area contributed by atoms with Crippen LogP contribution in [-0.2, 0) is 19.2 Å². The fraction of sp³-hybridized carbons (Fsp3) is 0.212. The number of halogens is 2. The van der Waals surface area contributed by atoms with E-state index in [-0.39, 0.29) is 40.0 Å². The fourth-order valence-electron chi connectivity index (χ4n) is 7.04. The van der Waals surface area contributed by atoms with Crippen LogP contribution in [0, 0.1) is 24.7 Å². The Bertz CT molecular complexity index is 1850. The van der Waals surface area contributed by atoms with E-state index in [0.717, 1.165) is 16.5 Å².